The van der Waals surface area contributed by atoms with Gasteiger partial charge in [0.1, 0.15) is 13.2 Å². The van der Waals surface area contributed by atoms with Crippen LogP contribution in [0, 0.1) is 0 Å². The number of unbranched alkanes of at least 4 members (excludes halogenated alkanes) is 24. The number of aliphatic hydroxyl groups is 1. The van der Waals surface area contributed by atoms with Gasteiger partial charge in [-0.25, -0.2) is 0 Å². The molecule has 0 rings (SSSR count). The van der Waals surface area contributed by atoms with Crippen molar-refractivity contribution in [3.63, 3.8) is 0 Å². The fraction of sp³-hybridized carbons (Fsp3) is 0.848. The summed E-state index contributed by atoms with van der Waals surface area (Å²) in [6.45, 7) is 4.61. The Kier molecular flexibility index (Phi) is 37.4. The zero-order chi connectivity index (χ0) is 40.7. The van der Waals surface area contributed by atoms with E-state index in [2.05, 4.69) is 43.5 Å². The molecule has 0 aromatic rings. The number of phosphoric ester groups is 1. The molecule has 0 saturated heterocycles. The Hall–Kier alpha value is -1.28. The van der Waals surface area contributed by atoms with Gasteiger partial charge in [-0.15, -0.1) is 0 Å². The lowest BCUT2D eigenvalue weighted by molar-refractivity contribution is -0.870. The van der Waals surface area contributed by atoms with Crippen molar-refractivity contribution < 1.29 is 32.9 Å². The van der Waals surface area contributed by atoms with Gasteiger partial charge >= 0.3 is 0 Å². The summed E-state index contributed by atoms with van der Waals surface area (Å²) in [5.74, 6) is -0.203. The minimum atomic E-state index is -4.59. The van der Waals surface area contributed by atoms with Crippen LogP contribution in [0.2, 0.25) is 0 Å². The fourth-order valence-corrected chi connectivity index (χ4v) is 7.14. The number of rotatable bonds is 41. The van der Waals surface area contributed by atoms with E-state index in [0.717, 1.165) is 44.9 Å². The first kappa shape index (κ1) is 53.7. The number of carbonyl (C=O) groups excluding carboxylic acids is 1. The van der Waals surface area contributed by atoms with E-state index in [9.17, 15) is 19.4 Å². The molecule has 2 N–H and O–H groups in total. The average molecular weight is 797 g/mol. The lowest BCUT2D eigenvalue weighted by Crippen LogP contribution is -2.45. The van der Waals surface area contributed by atoms with Crippen LogP contribution in [0.1, 0.15) is 200 Å². The minimum absolute atomic E-state index is 0.00201. The number of amides is 1. The predicted molar refractivity (Wildman–Crippen MR) is 233 cm³/mol. The van der Waals surface area contributed by atoms with E-state index >= 15 is 0 Å². The van der Waals surface area contributed by atoms with Crippen molar-refractivity contribution in [2.24, 2.45) is 0 Å². The second-order valence-corrected chi connectivity index (χ2v) is 18.2. The van der Waals surface area contributed by atoms with E-state index in [1.807, 2.05) is 27.2 Å². The Bertz CT molecular complexity index is 995. The monoisotopic (exact) mass is 797 g/mol. The maximum atomic E-state index is 12.9. The summed E-state index contributed by atoms with van der Waals surface area (Å²) < 4.78 is 23.2. The highest BCUT2D eigenvalue weighted by atomic mass is 31.2. The van der Waals surface area contributed by atoms with Crippen LogP contribution < -0.4 is 10.2 Å². The highest BCUT2D eigenvalue weighted by Crippen LogP contribution is 2.38. The van der Waals surface area contributed by atoms with Crippen LogP contribution in [-0.2, 0) is 18.4 Å². The summed E-state index contributed by atoms with van der Waals surface area (Å²) >= 11 is 0. The molecule has 8 nitrogen and oxygen atoms in total. The van der Waals surface area contributed by atoms with Gasteiger partial charge < -0.3 is 28.8 Å². The Balaban J connectivity index is 4.39. The molecule has 1 amide bonds. The second kappa shape index (κ2) is 38.2. The number of phosphoric acid groups is 1. The standard InChI is InChI=1S/C46H89N2O6P/c1-6-8-10-12-14-16-18-20-22-23-24-25-26-28-30-32-34-36-38-40-46(50)47-44(43-54-55(51,52)53-42-41-48(3,4)5)45(49)39-37-35-33-31-29-27-21-19-17-15-13-11-9-7-2/h14,16,20,22,37,39,44-45,49H,6-13,15,17-19,21,23-36,38,40-43H2,1-5H3,(H-,47,50,51,52)/b16-14-,22-20-,39-37+. The van der Waals surface area contributed by atoms with Crippen molar-refractivity contribution in [2.75, 3.05) is 40.9 Å². The van der Waals surface area contributed by atoms with Crippen LogP contribution in [0.3, 0.4) is 0 Å². The number of allylic oxidation sites excluding steroid dienone is 5. The number of carbonyl (C=O) groups is 1. The van der Waals surface area contributed by atoms with Crippen LogP contribution in [0.4, 0.5) is 0 Å². The molecule has 324 valence electrons. The zero-order valence-electron chi connectivity index (χ0n) is 36.6. The molecule has 0 aromatic heterocycles. The van der Waals surface area contributed by atoms with Crippen LogP contribution in [0.5, 0.6) is 0 Å². The van der Waals surface area contributed by atoms with Crippen molar-refractivity contribution >= 4 is 13.7 Å². The van der Waals surface area contributed by atoms with Crippen molar-refractivity contribution in [3.05, 3.63) is 36.5 Å². The number of nitrogens with zero attached hydrogens (tertiary/aromatic N) is 1. The van der Waals surface area contributed by atoms with Crippen molar-refractivity contribution in [2.45, 2.75) is 212 Å². The van der Waals surface area contributed by atoms with E-state index in [4.69, 9.17) is 9.05 Å². The molecular formula is C46H89N2O6P. The largest absolute Gasteiger partial charge is 0.756 e. The Morgan fingerprint density at radius 2 is 1.05 bits per heavy atom. The number of hydrogen-bond donors (Lipinski definition) is 2. The molecule has 3 unspecified atom stereocenters. The van der Waals surface area contributed by atoms with Gasteiger partial charge in [-0.2, -0.15) is 0 Å². The molecule has 3 atom stereocenters. The molecule has 9 heteroatoms. The van der Waals surface area contributed by atoms with Crippen molar-refractivity contribution in [1.29, 1.82) is 0 Å². The molecule has 0 aliphatic heterocycles. The molecule has 0 fully saturated rings. The molecular weight excluding hydrogens is 707 g/mol. The maximum Gasteiger partial charge on any atom is 0.268 e. The highest BCUT2D eigenvalue weighted by Gasteiger charge is 2.23. The summed E-state index contributed by atoms with van der Waals surface area (Å²) in [5, 5.41) is 13.8. The van der Waals surface area contributed by atoms with Gasteiger partial charge in [0.15, 0.2) is 0 Å². The fourth-order valence-electron chi connectivity index (χ4n) is 6.42. The third-order valence-corrected chi connectivity index (χ3v) is 11.1. The molecule has 0 saturated carbocycles. The molecule has 0 bridgehead atoms. The van der Waals surface area contributed by atoms with Gasteiger partial charge in [0.05, 0.1) is 39.9 Å². The summed E-state index contributed by atoms with van der Waals surface area (Å²) in [5.41, 5.74) is 0. The van der Waals surface area contributed by atoms with Crippen LogP contribution in [-0.4, -0.2) is 68.5 Å². The first-order valence-electron chi connectivity index (χ1n) is 22.9. The molecule has 0 aromatic carbocycles. The number of aliphatic hydroxyl groups excluding tert-OH is 1. The van der Waals surface area contributed by atoms with Crippen molar-refractivity contribution in [3.8, 4) is 0 Å². The van der Waals surface area contributed by atoms with Gasteiger partial charge in [-0.1, -0.05) is 179 Å². The summed E-state index contributed by atoms with van der Waals surface area (Å²) in [7, 11) is 1.26. The molecule has 0 heterocycles. The minimum Gasteiger partial charge on any atom is -0.756 e. The van der Waals surface area contributed by atoms with E-state index in [1.54, 1.807) is 6.08 Å². The van der Waals surface area contributed by atoms with Crippen LogP contribution in [0.15, 0.2) is 36.5 Å². The molecule has 55 heavy (non-hydrogen) atoms. The van der Waals surface area contributed by atoms with Crippen LogP contribution >= 0.6 is 7.82 Å². The molecule has 0 aliphatic carbocycles. The normalized spacial score (nSPS) is 14.7. The highest BCUT2D eigenvalue weighted by molar-refractivity contribution is 7.45. The Labute approximate surface area is 340 Å². The number of likely N-dealkylation sites (N-methyl/N-ethyl adjacent to an activating group) is 1. The SMILES string of the molecule is CCCCC/C=C\C/C=C\CCCCCCCCCCCC(=O)NC(COP(=O)([O-])OCC[N+](C)(C)C)C(O)/C=C/CCCCCCCCCCCCCC. The first-order valence-corrected chi connectivity index (χ1v) is 24.3. The molecule has 0 aliphatic rings. The van der Waals surface area contributed by atoms with E-state index < -0.39 is 20.0 Å². The molecule has 0 spiro atoms. The summed E-state index contributed by atoms with van der Waals surface area (Å²) in [4.78, 5) is 25.3. The average Bonchev–Trinajstić information content (AvgIpc) is 3.13. The van der Waals surface area contributed by atoms with E-state index in [-0.39, 0.29) is 19.1 Å². The van der Waals surface area contributed by atoms with E-state index in [0.29, 0.717) is 17.4 Å². The van der Waals surface area contributed by atoms with Gasteiger partial charge in [0.2, 0.25) is 5.91 Å². The van der Waals surface area contributed by atoms with Gasteiger partial charge in [-0.3, -0.25) is 9.36 Å². The van der Waals surface area contributed by atoms with E-state index in [1.165, 1.54) is 135 Å². The third kappa shape index (κ3) is 40.7. The van der Waals surface area contributed by atoms with Gasteiger partial charge in [-0.05, 0) is 51.4 Å². The zero-order valence-corrected chi connectivity index (χ0v) is 37.5. The third-order valence-electron chi connectivity index (χ3n) is 10.1. The van der Waals surface area contributed by atoms with Gasteiger partial charge in [0, 0.05) is 6.42 Å². The van der Waals surface area contributed by atoms with Gasteiger partial charge in [0.25, 0.3) is 7.82 Å². The Morgan fingerprint density at radius 1 is 0.636 bits per heavy atom. The van der Waals surface area contributed by atoms with Crippen LogP contribution in [0.25, 0.3) is 0 Å². The van der Waals surface area contributed by atoms with Crippen molar-refractivity contribution in [1.82, 2.24) is 5.32 Å². The predicted octanol–water partition coefficient (Wildman–Crippen LogP) is 12.1. The number of quaternary nitrogens is 1. The topological polar surface area (TPSA) is 108 Å². The lowest BCUT2D eigenvalue weighted by atomic mass is 10.0. The molecule has 0 radical (unpaired) electrons. The lowest BCUT2D eigenvalue weighted by Gasteiger charge is -2.29. The maximum absolute atomic E-state index is 12.9. The summed E-state index contributed by atoms with van der Waals surface area (Å²) in [6.07, 6.45) is 46.1. The Morgan fingerprint density at radius 3 is 1.55 bits per heavy atom. The smallest absolute Gasteiger partial charge is 0.268 e. The number of hydrogen-bond acceptors (Lipinski definition) is 6. The quantitative estimate of drug-likeness (QED) is 0.0276. The summed E-state index contributed by atoms with van der Waals surface area (Å²) in [6, 6.07) is -0.886. The number of nitrogens with one attached hydrogen (secondary N) is 1. The second-order valence-electron chi connectivity index (χ2n) is 16.8. The first-order chi connectivity index (χ1) is 26.5.